The summed E-state index contributed by atoms with van der Waals surface area (Å²) in [5.41, 5.74) is 0. The number of ether oxygens (including phenoxy) is 2. The summed E-state index contributed by atoms with van der Waals surface area (Å²) < 4.78 is 9.91. The smallest absolute Gasteiger partial charge is 0.813 e. The topological polar surface area (TPSA) is 18.5 Å². The molecule has 0 saturated carbocycles. The molecule has 2 rings (SSSR count). The van der Waals surface area contributed by atoms with Crippen LogP contribution in [0.5, 0.6) is 11.5 Å². The fraction of sp³-hybridized carbons (Fsp3) is 0.143. The third-order valence-corrected chi connectivity index (χ3v) is 5.53. The zero-order valence-electron chi connectivity index (χ0n) is 12.7. The largest absolute Gasteiger partial charge is 1.00 e. The summed E-state index contributed by atoms with van der Waals surface area (Å²) >= 11 is 10.4. The Morgan fingerprint density at radius 1 is 0.909 bits per heavy atom. The van der Waals surface area contributed by atoms with Crippen molar-refractivity contribution in [2.75, 3.05) is 14.2 Å². The van der Waals surface area contributed by atoms with Crippen molar-refractivity contribution >= 4 is 57.6 Å². The summed E-state index contributed by atoms with van der Waals surface area (Å²) in [7, 11) is 5.85. The summed E-state index contributed by atoms with van der Waals surface area (Å²) in [5, 5.41) is -0.731. The molecule has 0 amide bonds. The molecule has 0 aromatic heterocycles. The van der Waals surface area contributed by atoms with Crippen LogP contribution in [0.15, 0.2) is 48.5 Å². The number of rotatable bonds is 3. The van der Waals surface area contributed by atoms with Crippen LogP contribution in [0.25, 0.3) is 0 Å². The van der Waals surface area contributed by atoms with Crippen molar-refractivity contribution in [1.82, 2.24) is 0 Å². The molecular weight excluding hydrogens is 397 g/mol. The SMILES string of the molecule is COc1cc[c-]cc1.COc1ccc([P+](P)([S-])[S-])cc1.[K+].[SH-]. The molecule has 2 aromatic rings. The van der Waals surface area contributed by atoms with E-state index in [1.165, 1.54) is 0 Å². The minimum atomic E-state index is -1.77. The minimum Gasteiger partial charge on any atom is -0.813 e. The first-order valence-electron chi connectivity index (χ1n) is 5.71. The molecule has 2 nitrogen and oxygen atoms in total. The summed E-state index contributed by atoms with van der Waals surface area (Å²) in [4.78, 5) is 0. The van der Waals surface area contributed by atoms with Gasteiger partial charge in [0.15, 0.2) is 0 Å². The number of hydrogen-bond donors (Lipinski definition) is 0. The van der Waals surface area contributed by atoms with Crippen LogP contribution in [-0.2, 0) is 38.0 Å². The number of thiol groups is 1. The molecule has 0 bridgehead atoms. The summed E-state index contributed by atoms with van der Waals surface area (Å²) in [6.07, 6.45) is 0. The van der Waals surface area contributed by atoms with Gasteiger partial charge in [0.05, 0.1) is 19.5 Å². The molecule has 0 radical (unpaired) electrons. The van der Waals surface area contributed by atoms with Crippen molar-refractivity contribution in [3.8, 4) is 11.5 Å². The Kier molecular flexibility index (Phi) is 16.2. The zero-order valence-corrected chi connectivity index (χ0v) is 20.4. The zero-order chi connectivity index (χ0) is 15.0. The van der Waals surface area contributed by atoms with E-state index in [0.717, 1.165) is 16.8 Å². The van der Waals surface area contributed by atoms with Crippen LogP contribution in [0.2, 0.25) is 0 Å². The standard InChI is InChI=1S/C7H10OP2S2.C7H7O.K.H2S/c1-8-6-2-4-7(5-3-6)10(9,11)12;1-8-7-5-3-2-4-6-7;;/h2-5H,9H2,1H3,(H,11,12);3-6H,1H3;;1H2/q;-1;+1;/p-2. The maximum Gasteiger partial charge on any atom is 1.00 e. The van der Waals surface area contributed by atoms with Crippen molar-refractivity contribution in [2.45, 2.75) is 0 Å². The van der Waals surface area contributed by atoms with Crippen molar-refractivity contribution in [3.05, 3.63) is 54.6 Å². The van der Waals surface area contributed by atoms with E-state index < -0.39 is 5.35 Å². The van der Waals surface area contributed by atoms with Crippen LogP contribution in [0.1, 0.15) is 0 Å². The molecule has 0 aliphatic heterocycles. The number of hydrogen-bond acceptors (Lipinski definition) is 5. The number of benzene rings is 2. The summed E-state index contributed by atoms with van der Waals surface area (Å²) in [6, 6.07) is 17.9. The second-order valence-corrected chi connectivity index (χ2v) is 14.2. The Morgan fingerprint density at radius 2 is 1.32 bits per heavy atom. The van der Waals surface area contributed by atoms with Crippen LogP contribution < -0.4 is 66.2 Å². The predicted octanol–water partition coefficient (Wildman–Crippen LogP) is 0.281. The average Bonchev–Trinajstić information content (AvgIpc) is 2.48. The van der Waals surface area contributed by atoms with Crippen molar-refractivity contribution in [3.63, 3.8) is 0 Å². The van der Waals surface area contributed by atoms with E-state index in [2.05, 4.69) is 15.0 Å². The maximum absolute atomic E-state index is 5.18. The molecule has 1 unspecified atom stereocenters. The molecule has 0 aliphatic rings. The molecule has 0 fully saturated rings. The third kappa shape index (κ3) is 10.5. The molecule has 116 valence electrons. The minimum absolute atomic E-state index is 0. The van der Waals surface area contributed by atoms with Crippen LogP contribution in [0.4, 0.5) is 0 Å². The van der Waals surface area contributed by atoms with Crippen molar-refractivity contribution in [1.29, 1.82) is 0 Å². The first kappa shape index (κ1) is 25.8. The van der Waals surface area contributed by atoms with Crippen LogP contribution in [-0.4, -0.2) is 14.2 Å². The third-order valence-electron chi connectivity index (χ3n) is 2.36. The number of methoxy groups -OCH3 is 2. The summed E-state index contributed by atoms with van der Waals surface area (Å²) in [5.74, 6) is 1.71. The van der Waals surface area contributed by atoms with Gasteiger partial charge in [-0.05, 0) is 33.2 Å². The Morgan fingerprint density at radius 3 is 1.64 bits per heavy atom. The van der Waals surface area contributed by atoms with Gasteiger partial charge in [0, 0.05) is 5.75 Å². The first-order valence-corrected chi connectivity index (χ1v) is 11.1. The second kappa shape index (κ2) is 13.8. The molecular formula is C14H17KO2P2S3-2. The maximum atomic E-state index is 5.18. The Bertz CT molecular complexity index is 508. The van der Waals surface area contributed by atoms with E-state index in [0.29, 0.717) is 0 Å². The van der Waals surface area contributed by atoms with E-state index in [4.69, 9.17) is 34.0 Å². The van der Waals surface area contributed by atoms with Gasteiger partial charge in [-0.15, -0.1) is 12.1 Å². The summed E-state index contributed by atoms with van der Waals surface area (Å²) in [6.45, 7) is 0. The van der Waals surface area contributed by atoms with E-state index in [1.54, 1.807) is 14.2 Å². The van der Waals surface area contributed by atoms with Gasteiger partial charge in [0.25, 0.3) is 0 Å². The quantitative estimate of drug-likeness (QED) is 0.236. The average molecular weight is 415 g/mol. The van der Waals surface area contributed by atoms with Gasteiger partial charge < -0.3 is 47.5 Å². The fourth-order valence-corrected chi connectivity index (χ4v) is 3.11. The van der Waals surface area contributed by atoms with Gasteiger partial charge in [0.2, 0.25) is 0 Å². The fourth-order valence-electron chi connectivity index (χ4n) is 1.30. The van der Waals surface area contributed by atoms with Crippen molar-refractivity contribution in [2.24, 2.45) is 0 Å². The molecule has 8 heteroatoms. The van der Waals surface area contributed by atoms with Gasteiger partial charge in [0.1, 0.15) is 5.75 Å². The van der Waals surface area contributed by atoms with Gasteiger partial charge in [-0.25, -0.2) is 0 Å². The predicted molar refractivity (Wildman–Crippen MR) is 105 cm³/mol. The second-order valence-electron chi connectivity index (χ2n) is 3.73. The molecule has 0 aliphatic carbocycles. The van der Waals surface area contributed by atoms with E-state index in [9.17, 15) is 0 Å². The monoisotopic (exact) mass is 414 g/mol. The molecule has 22 heavy (non-hydrogen) atoms. The van der Waals surface area contributed by atoms with Gasteiger partial charge in [-0.1, -0.05) is 0 Å². The molecule has 0 spiro atoms. The normalized spacial score (nSPS) is 9.32. The Labute approximate surface area is 196 Å². The molecule has 0 N–H and O–H groups in total. The van der Waals surface area contributed by atoms with E-state index in [-0.39, 0.29) is 64.9 Å². The van der Waals surface area contributed by atoms with Crippen LogP contribution in [0, 0.1) is 6.07 Å². The van der Waals surface area contributed by atoms with Gasteiger partial charge in [-0.3, -0.25) is 0 Å². The molecule has 0 saturated heterocycles. The van der Waals surface area contributed by atoms with Crippen LogP contribution in [0.3, 0.4) is 0 Å². The van der Waals surface area contributed by atoms with Crippen LogP contribution >= 0.6 is 14.3 Å². The van der Waals surface area contributed by atoms with E-state index in [1.807, 2.05) is 48.5 Å². The van der Waals surface area contributed by atoms with E-state index >= 15 is 0 Å². The first-order chi connectivity index (χ1) is 9.47. The molecule has 1 atom stereocenters. The Balaban J connectivity index is 0. The van der Waals surface area contributed by atoms with Gasteiger partial charge >= 0.3 is 51.4 Å². The van der Waals surface area contributed by atoms with Crippen molar-refractivity contribution < 1.29 is 60.9 Å². The molecule has 0 heterocycles. The molecule has 2 aromatic carbocycles. The Hall–Kier alpha value is 1.59. The van der Waals surface area contributed by atoms with Gasteiger partial charge in [-0.2, -0.15) is 23.6 Å².